The van der Waals surface area contributed by atoms with Gasteiger partial charge in [0.05, 0.1) is 7.11 Å². The summed E-state index contributed by atoms with van der Waals surface area (Å²) in [5, 5.41) is 0.917. The van der Waals surface area contributed by atoms with E-state index in [9.17, 15) is 0 Å². The number of hydrogen-bond acceptors (Lipinski definition) is 1. The number of alkyl halides is 1. The highest BCUT2D eigenvalue weighted by Crippen LogP contribution is 2.27. The fourth-order valence-electron chi connectivity index (χ4n) is 1.42. The number of halogens is 1. The largest absolute Gasteiger partial charge is 0.497 e. The topological polar surface area (TPSA) is 9.23 Å². The Morgan fingerprint density at radius 1 is 1.53 bits per heavy atom. The molecule has 0 radical (unpaired) electrons. The molecule has 1 aromatic carbocycles. The number of allylic oxidation sites excluding steroid dienone is 1. The predicted molar refractivity (Wildman–Crippen MR) is 68.8 cm³/mol. The fraction of sp³-hybridized carbons (Fsp3) is 0.385. The maximum Gasteiger partial charge on any atom is 0.119 e. The lowest BCUT2D eigenvalue weighted by molar-refractivity contribution is 0.413. The summed E-state index contributed by atoms with van der Waals surface area (Å²) in [6, 6.07) is 8.17. The highest BCUT2D eigenvalue weighted by molar-refractivity contribution is 9.09. The molecule has 0 bridgehead atoms. The van der Waals surface area contributed by atoms with E-state index in [0.29, 0.717) is 0 Å². The van der Waals surface area contributed by atoms with Gasteiger partial charge in [-0.1, -0.05) is 41.1 Å². The second kappa shape index (κ2) is 5.36. The van der Waals surface area contributed by atoms with E-state index in [1.165, 1.54) is 5.56 Å². The van der Waals surface area contributed by atoms with E-state index >= 15 is 0 Å². The van der Waals surface area contributed by atoms with Crippen molar-refractivity contribution >= 4 is 15.9 Å². The van der Waals surface area contributed by atoms with Crippen LogP contribution in [0.5, 0.6) is 5.75 Å². The van der Waals surface area contributed by atoms with Gasteiger partial charge in [0.1, 0.15) is 5.75 Å². The molecule has 82 valence electrons. The van der Waals surface area contributed by atoms with Gasteiger partial charge < -0.3 is 4.74 Å². The first-order valence-corrected chi connectivity index (χ1v) is 6.08. The van der Waals surface area contributed by atoms with Gasteiger partial charge in [0.2, 0.25) is 0 Å². The quantitative estimate of drug-likeness (QED) is 0.583. The van der Waals surface area contributed by atoms with Gasteiger partial charge in [-0.05, 0) is 29.5 Å². The minimum Gasteiger partial charge on any atom is -0.497 e. The molecule has 1 rings (SSSR count). The zero-order valence-corrected chi connectivity index (χ0v) is 10.9. The standard InChI is InChI=1S/C13H17BrO/c1-4-13(2,10-14)9-11-6-5-7-12(8-11)15-3/h4-8H,1,9-10H2,2-3H3. The molecule has 0 spiro atoms. The van der Waals surface area contributed by atoms with Gasteiger partial charge in [-0.15, -0.1) is 6.58 Å². The van der Waals surface area contributed by atoms with E-state index in [-0.39, 0.29) is 5.41 Å². The Kier molecular flexibility index (Phi) is 4.40. The highest BCUT2D eigenvalue weighted by atomic mass is 79.9. The van der Waals surface area contributed by atoms with Crippen LogP contribution >= 0.6 is 15.9 Å². The number of hydrogen-bond donors (Lipinski definition) is 0. The van der Waals surface area contributed by atoms with Gasteiger partial charge in [-0.25, -0.2) is 0 Å². The Morgan fingerprint density at radius 2 is 2.27 bits per heavy atom. The normalized spacial score (nSPS) is 14.3. The number of methoxy groups -OCH3 is 1. The van der Waals surface area contributed by atoms with Crippen LogP contribution < -0.4 is 4.74 Å². The molecule has 0 amide bonds. The summed E-state index contributed by atoms with van der Waals surface area (Å²) in [4.78, 5) is 0. The van der Waals surface area contributed by atoms with Crippen molar-refractivity contribution in [1.29, 1.82) is 0 Å². The molecule has 0 saturated carbocycles. The van der Waals surface area contributed by atoms with Crippen LogP contribution in [0.3, 0.4) is 0 Å². The monoisotopic (exact) mass is 268 g/mol. The first-order chi connectivity index (χ1) is 7.13. The molecule has 1 aromatic rings. The summed E-state index contributed by atoms with van der Waals surface area (Å²) >= 11 is 3.52. The maximum atomic E-state index is 5.20. The average molecular weight is 269 g/mol. The molecule has 1 unspecified atom stereocenters. The third-order valence-corrected chi connectivity index (χ3v) is 3.82. The Morgan fingerprint density at radius 3 is 2.80 bits per heavy atom. The molecule has 0 aliphatic heterocycles. The Balaban J connectivity index is 2.83. The Labute approximate surface area is 100 Å². The van der Waals surface area contributed by atoms with E-state index in [1.807, 2.05) is 18.2 Å². The van der Waals surface area contributed by atoms with Crippen LogP contribution in [-0.4, -0.2) is 12.4 Å². The summed E-state index contributed by atoms with van der Waals surface area (Å²) in [6.07, 6.45) is 2.97. The van der Waals surface area contributed by atoms with Crippen molar-refractivity contribution in [3.8, 4) is 5.75 Å². The molecule has 1 atom stereocenters. The van der Waals surface area contributed by atoms with Crippen LogP contribution in [0.4, 0.5) is 0 Å². The molecule has 15 heavy (non-hydrogen) atoms. The molecule has 0 heterocycles. The molecule has 0 saturated heterocycles. The molecule has 0 aliphatic rings. The van der Waals surface area contributed by atoms with Crippen LogP contribution in [0, 0.1) is 5.41 Å². The number of rotatable bonds is 5. The van der Waals surface area contributed by atoms with Crippen LogP contribution in [0.1, 0.15) is 12.5 Å². The molecule has 1 nitrogen and oxygen atoms in total. The van der Waals surface area contributed by atoms with E-state index in [0.717, 1.165) is 17.5 Å². The number of benzene rings is 1. The third kappa shape index (κ3) is 3.38. The molecular weight excluding hydrogens is 252 g/mol. The molecule has 0 N–H and O–H groups in total. The fourth-order valence-corrected chi connectivity index (χ4v) is 1.85. The summed E-state index contributed by atoms with van der Waals surface area (Å²) < 4.78 is 5.20. The van der Waals surface area contributed by atoms with Crippen LogP contribution in [0.15, 0.2) is 36.9 Å². The first-order valence-electron chi connectivity index (χ1n) is 4.96. The molecular formula is C13H17BrO. The van der Waals surface area contributed by atoms with Crippen molar-refractivity contribution in [2.24, 2.45) is 5.41 Å². The van der Waals surface area contributed by atoms with Crippen molar-refractivity contribution < 1.29 is 4.74 Å². The molecule has 0 fully saturated rings. The van der Waals surface area contributed by atoms with Crippen molar-refractivity contribution in [3.63, 3.8) is 0 Å². The van der Waals surface area contributed by atoms with Gasteiger partial charge in [-0.2, -0.15) is 0 Å². The third-order valence-electron chi connectivity index (χ3n) is 2.54. The second-order valence-electron chi connectivity index (χ2n) is 4.02. The van der Waals surface area contributed by atoms with Gasteiger partial charge >= 0.3 is 0 Å². The van der Waals surface area contributed by atoms with Crippen molar-refractivity contribution in [3.05, 3.63) is 42.5 Å². The highest BCUT2D eigenvalue weighted by Gasteiger charge is 2.19. The first kappa shape index (κ1) is 12.3. The lowest BCUT2D eigenvalue weighted by Gasteiger charge is -2.23. The minimum absolute atomic E-state index is 0.104. The van der Waals surface area contributed by atoms with Gasteiger partial charge in [0.25, 0.3) is 0 Å². The minimum atomic E-state index is 0.104. The Bertz CT molecular complexity index is 335. The summed E-state index contributed by atoms with van der Waals surface area (Å²) in [5.41, 5.74) is 1.38. The van der Waals surface area contributed by atoms with Crippen LogP contribution in [-0.2, 0) is 6.42 Å². The van der Waals surface area contributed by atoms with Crippen molar-refractivity contribution in [2.45, 2.75) is 13.3 Å². The van der Waals surface area contributed by atoms with Crippen molar-refractivity contribution in [1.82, 2.24) is 0 Å². The lowest BCUT2D eigenvalue weighted by atomic mass is 9.86. The van der Waals surface area contributed by atoms with Gasteiger partial charge in [0.15, 0.2) is 0 Å². The second-order valence-corrected chi connectivity index (χ2v) is 4.58. The predicted octanol–water partition coefficient (Wildman–Crippen LogP) is 3.82. The summed E-state index contributed by atoms with van der Waals surface area (Å²) in [5.74, 6) is 0.911. The van der Waals surface area contributed by atoms with Gasteiger partial charge in [-0.3, -0.25) is 0 Å². The Hall–Kier alpha value is -0.760. The smallest absolute Gasteiger partial charge is 0.119 e. The lowest BCUT2D eigenvalue weighted by Crippen LogP contribution is -2.18. The summed E-state index contributed by atoms with van der Waals surface area (Å²) in [6.45, 7) is 6.07. The van der Waals surface area contributed by atoms with E-state index in [2.05, 4.69) is 41.6 Å². The van der Waals surface area contributed by atoms with E-state index < -0.39 is 0 Å². The number of ether oxygens (including phenoxy) is 1. The van der Waals surface area contributed by atoms with Crippen LogP contribution in [0.25, 0.3) is 0 Å². The van der Waals surface area contributed by atoms with Crippen molar-refractivity contribution in [2.75, 3.05) is 12.4 Å². The summed E-state index contributed by atoms with van der Waals surface area (Å²) in [7, 11) is 1.69. The van der Waals surface area contributed by atoms with Gasteiger partial charge in [0, 0.05) is 5.33 Å². The molecule has 0 aromatic heterocycles. The SMILES string of the molecule is C=CC(C)(CBr)Cc1cccc(OC)c1. The average Bonchev–Trinajstić information content (AvgIpc) is 2.29. The molecule has 2 heteroatoms. The van der Waals surface area contributed by atoms with E-state index in [4.69, 9.17) is 4.74 Å². The van der Waals surface area contributed by atoms with E-state index in [1.54, 1.807) is 7.11 Å². The maximum absolute atomic E-state index is 5.20. The molecule has 0 aliphatic carbocycles. The van der Waals surface area contributed by atoms with Crippen LogP contribution in [0.2, 0.25) is 0 Å². The zero-order valence-electron chi connectivity index (χ0n) is 9.29. The zero-order chi connectivity index (χ0) is 11.3.